The van der Waals surface area contributed by atoms with Crippen molar-refractivity contribution < 1.29 is 13.9 Å². The van der Waals surface area contributed by atoms with Gasteiger partial charge in [-0.15, -0.1) is 0 Å². The topological polar surface area (TPSA) is 38.3 Å². The molecular formula is C12H16FNO2. The number of esters is 1. The molecule has 0 amide bonds. The van der Waals surface area contributed by atoms with Crippen molar-refractivity contribution in [3.8, 4) is 0 Å². The number of rotatable bonds is 5. The second kappa shape index (κ2) is 6.23. The fourth-order valence-electron chi connectivity index (χ4n) is 1.40. The molecule has 0 radical (unpaired) electrons. The largest absolute Gasteiger partial charge is 0.468 e. The molecular weight excluding hydrogens is 209 g/mol. The van der Waals surface area contributed by atoms with E-state index in [9.17, 15) is 9.18 Å². The van der Waals surface area contributed by atoms with E-state index < -0.39 is 6.04 Å². The molecule has 0 aliphatic heterocycles. The molecule has 0 spiro atoms. The van der Waals surface area contributed by atoms with E-state index >= 15 is 0 Å². The van der Waals surface area contributed by atoms with Gasteiger partial charge in [0.1, 0.15) is 11.9 Å². The highest BCUT2D eigenvalue weighted by Crippen LogP contribution is 2.15. The molecule has 3 nitrogen and oxygen atoms in total. The van der Waals surface area contributed by atoms with Crippen molar-refractivity contribution in [1.82, 2.24) is 5.32 Å². The summed E-state index contributed by atoms with van der Waals surface area (Å²) in [5.41, 5.74) is 0.710. The van der Waals surface area contributed by atoms with Crippen molar-refractivity contribution in [2.75, 3.05) is 13.7 Å². The molecule has 1 rings (SSSR count). The van der Waals surface area contributed by atoms with E-state index in [1.165, 1.54) is 19.2 Å². The van der Waals surface area contributed by atoms with Crippen molar-refractivity contribution in [2.24, 2.45) is 0 Å². The number of methoxy groups -OCH3 is 1. The molecule has 0 aliphatic rings. The maximum Gasteiger partial charge on any atom is 0.327 e. The standard InChI is InChI=1S/C12H16FNO2/c1-3-8-14-11(12(15)16-2)9-4-6-10(13)7-5-9/h4-7,11,14H,3,8H2,1-2H3. The summed E-state index contributed by atoms with van der Waals surface area (Å²) >= 11 is 0. The van der Waals surface area contributed by atoms with Crippen LogP contribution in [0.15, 0.2) is 24.3 Å². The number of halogens is 1. The van der Waals surface area contributed by atoms with Gasteiger partial charge in [0, 0.05) is 0 Å². The van der Waals surface area contributed by atoms with Gasteiger partial charge in [-0.2, -0.15) is 0 Å². The van der Waals surface area contributed by atoms with Crippen LogP contribution in [-0.2, 0) is 9.53 Å². The van der Waals surface area contributed by atoms with Crippen LogP contribution >= 0.6 is 0 Å². The van der Waals surface area contributed by atoms with Crippen LogP contribution in [-0.4, -0.2) is 19.6 Å². The summed E-state index contributed by atoms with van der Waals surface area (Å²) < 4.78 is 17.4. The summed E-state index contributed by atoms with van der Waals surface area (Å²) in [5.74, 6) is -0.678. The molecule has 4 heteroatoms. The van der Waals surface area contributed by atoms with Crippen LogP contribution in [0.3, 0.4) is 0 Å². The van der Waals surface area contributed by atoms with E-state index in [1.54, 1.807) is 12.1 Å². The number of hydrogen-bond acceptors (Lipinski definition) is 3. The smallest absolute Gasteiger partial charge is 0.327 e. The molecule has 0 saturated heterocycles. The van der Waals surface area contributed by atoms with E-state index in [4.69, 9.17) is 4.74 Å². The summed E-state index contributed by atoms with van der Waals surface area (Å²) in [5, 5.41) is 3.06. The van der Waals surface area contributed by atoms with Gasteiger partial charge in [-0.05, 0) is 30.7 Å². The molecule has 0 fully saturated rings. The minimum absolute atomic E-state index is 0.317. The first-order valence-electron chi connectivity index (χ1n) is 5.25. The van der Waals surface area contributed by atoms with Crippen LogP contribution in [0, 0.1) is 5.82 Å². The number of benzene rings is 1. The van der Waals surface area contributed by atoms with Crippen LogP contribution in [0.1, 0.15) is 24.9 Å². The molecule has 0 saturated carbocycles. The summed E-state index contributed by atoms with van der Waals surface area (Å²) in [6.07, 6.45) is 0.911. The molecule has 1 unspecified atom stereocenters. The molecule has 1 N–H and O–H groups in total. The molecule has 16 heavy (non-hydrogen) atoms. The van der Waals surface area contributed by atoms with E-state index in [0.717, 1.165) is 6.42 Å². The maximum absolute atomic E-state index is 12.7. The lowest BCUT2D eigenvalue weighted by molar-refractivity contribution is -0.143. The predicted molar refractivity (Wildman–Crippen MR) is 59.5 cm³/mol. The Hall–Kier alpha value is -1.42. The predicted octanol–water partition coefficient (Wildman–Crippen LogP) is 2.04. The third-order valence-electron chi connectivity index (χ3n) is 2.24. The van der Waals surface area contributed by atoms with E-state index in [1.807, 2.05) is 6.92 Å². The Balaban J connectivity index is 2.82. The van der Waals surface area contributed by atoms with Gasteiger partial charge in [0.05, 0.1) is 7.11 Å². The summed E-state index contributed by atoms with van der Waals surface area (Å²) in [7, 11) is 1.34. The first-order chi connectivity index (χ1) is 7.69. The van der Waals surface area contributed by atoms with Gasteiger partial charge in [0.25, 0.3) is 0 Å². The van der Waals surface area contributed by atoms with Gasteiger partial charge >= 0.3 is 5.97 Å². The fraction of sp³-hybridized carbons (Fsp3) is 0.417. The highest BCUT2D eigenvalue weighted by molar-refractivity contribution is 5.77. The Morgan fingerprint density at radius 3 is 2.56 bits per heavy atom. The fourth-order valence-corrected chi connectivity index (χ4v) is 1.40. The maximum atomic E-state index is 12.7. The Morgan fingerprint density at radius 2 is 2.06 bits per heavy atom. The SMILES string of the molecule is CCCNC(C(=O)OC)c1ccc(F)cc1. The average molecular weight is 225 g/mol. The van der Waals surface area contributed by atoms with Gasteiger partial charge in [0.2, 0.25) is 0 Å². The van der Waals surface area contributed by atoms with Crippen LogP contribution in [0.2, 0.25) is 0 Å². The Kier molecular flexibility index (Phi) is 4.92. The monoisotopic (exact) mass is 225 g/mol. The third kappa shape index (κ3) is 3.31. The lowest BCUT2D eigenvalue weighted by atomic mass is 10.1. The highest BCUT2D eigenvalue weighted by atomic mass is 19.1. The lowest BCUT2D eigenvalue weighted by Gasteiger charge is -2.16. The van der Waals surface area contributed by atoms with Crippen molar-refractivity contribution in [3.63, 3.8) is 0 Å². The zero-order valence-corrected chi connectivity index (χ0v) is 9.50. The molecule has 88 valence electrons. The van der Waals surface area contributed by atoms with Crippen LogP contribution in [0.4, 0.5) is 4.39 Å². The van der Waals surface area contributed by atoms with Crippen molar-refractivity contribution in [2.45, 2.75) is 19.4 Å². The van der Waals surface area contributed by atoms with Crippen molar-refractivity contribution in [3.05, 3.63) is 35.6 Å². The second-order valence-electron chi connectivity index (χ2n) is 3.46. The summed E-state index contributed by atoms with van der Waals surface area (Å²) in [6, 6.07) is 5.31. The highest BCUT2D eigenvalue weighted by Gasteiger charge is 2.20. The molecule has 1 aromatic rings. The van der Waals surface area contributed by atoms with Gasteiger partial charge < -0.3 is 10.1 Å². The Bertz CT molecular complexity index is 337. The first-order valence-corrected chi connectivity index (χ1v) is 5.25. The molecule has 1 aromatic carbocycles. The van der Waals surface area contributed by atoms with Crippen molar-refractivity contribution >= 4 is 5.97 Å². The Morgan fingerprint density at radius 1 is 1.44 bits per heavy atom. The minimum atomic E-state index is -0.523. The van der Waals surface area contributed by atoms with Gasteiger partial charge in [-0.25, -0.2) is 9.18 Å². The summed E-state index contributed by atoms with van der Waals surface area (Å²) in [6.45, 7) is 2.71. The molecule has 0 aliphatic carbocycles. The number of ether oxygens (including phenoxy) is 1. The van der Waals surface area contributed by atoms with E-state index in [2.05, 4.69) is 5.32 Å². The number of carbonyl (C=O) groups is 1. The quantitative estimate of drug-likeness (QED) is 0.779. The molecule has 0 heterocycles. The summed E-state index contributed by atoms with van der Waals surface area (Å²) in [4.78, 5) is 11.5. The number of carbonyl (C=O) groups excluding carboxylic acids is 1. The molecule has 0 aromatic heterocycles. The Labute approximate surface area is 94.6 Å². The molecule has 1 atom stereocenters. The van der Waals surface area contributed by atoms with Crippen LogP contribution in [0.5, 0.6) is 0 Å². The lowest BCUT2D eigenvalue weighted by Crippen LogP contribution is -2.30. The zero-order chi connectivity index (χ0) is 12.0. The van der Waals surface area contributed by atoms with Gasteiger partial charge in [-0.1, -0.05) is 19.1 Å². The van der Waals surface area contributed by atoms with Gasteiger partial charge in [-0.3, -0.25) is 0 Å². The second-order valence-corrected chi connectivity index (χ2v) is 3.46. The average Bonchev–Trinajstić information content (AvgIpc) is 2.31. The van der Waals surface area contributed by atoms with Crippen molar-refractivity contribution in [1.29, 1.82) is 0 Å². The minimum Gasteiger partial charge on any atom is -0.468 e. The van der Waals surface area contributed by atoms with E-state index in [0.29, 0.717) is 12.1 Å². The first kappa shape index (κ1) is 12.6. The third-order valence-corrected chi connectivity index (χ3v) is 2.24. The number of hydrogen-bond donors (Lipinski definition) is 1. The zero-order valence-electron chi connectivity index (χ0n) is 9.50. The van der Waals surface area contributed by atoms with Crippen LogP contribution in [0.25, 0.3) is 0 Å². The van der Waals surface area contributed by atoms with Crippen LogP contribution < -0.4 is 5.32 Å². The van der Waals surface area contributed by atoms with Gasteiger partial charge in [0.15, 0.2) is 0 Å². The van der Waals surface area contributed by atoms with E-state index in [-0.39, 0.29) is 11.8 Å². The normalized spacial score (nSPS) is 12.2. The number of nitrogens with one attached hydrogen (secondary N) is 1. The molecule has 0 bridgehead atoms.